The SMILES string of the molecule is CC(C)c1noc(-c2cccc(=O)n2CC(=O)N2CCN(c3ccccc3)CC2)n1. The second kappa shape index (κ2) is 8.52. The minimum absolute atomic E-state index is 0.0558. The predicted octanol–water partition coefficient (Wildman–Crippen LogP) is 2.37. The van der Waals surface area contributed by atoms with Crippen LogP contribution in [0.25, 0.3) is 11.6 Å². The first-order valence-corrected chi connectivity index (χ1v) is 10.1. The second-order valence-electron chi connectivity index (χ2n) is 7.65. The number of para-hydroxylation sites is 1. The number of benzene rings is 1. The van der Waals surface area contributed by atoms with E-state index in [1.807, 2.05) is 32.0 Å². The predicted molar refractivity (Wildman–Crippen MR) is 113 cm³/mol. The van der Waals surface area contributed by atoms with E-state index in [9.17, 15) is 9.59 Å². The number of pyridine rings is 1. The molecule has 4 rings (SSSR count). The highest BCUT2D eigenvalue weighted by atomic mass is 16.5. The van der Waals surface area contributed by atoms with E-state index in [1.54, 1.807) is 17.0 Å². The Morgan fingerprint density at radius 3 is 2.43 bits per heavy atom. The van der Waals surface area contributed by atoms with E-state index >= 15 is 0 Å². The van der Waals surface area contributed by atoms with Gasteiger partial charge in [-0.1, -0.05) is 43.3 Å². The van der Waals surface area contributed by atoms with Gasteiger partial charge >= 0.3 is 0 Å². The lowest BCUT2D eigenvalue weighted by Crippen LogP contribution is -2.50. The monoisotopic (exact) mass is 407 g/mol. The first kappa shape index (κ1) is 19.9. The van der Waals surface area contributed by atoms with Crippen molar-refractivity contribution in [3.63, 3.8) is 0 Å². The van der Waals surface area contributed by atoms with Gasteiger partial charge in [0.15, 0.2) is 5.82 Å². The zero-order valence-electron chi connectivity index (χ0n) is 17.2. The van der Waals surface area contributed by atoms with Crippen LogP contribution < -0.4 is 10.5 Å². The standard InChI is InChI=1S/C22H25N5O3/c1-16(2)21-23-22(30-24-21)18-9-6-10-19(28)27(18)15-20(29)26-13-11-25(12-14-26)17-7-4-3-5-8-17/h3-10,16H,11-15H2,1-2H3. The Kier molecular flexibility index (Phi) is 5.65. The number of anilines is 1. The van der Waals surface area contributed by atoms with Gasteiger partial charge in [0.05, 0.1) is 0 Å². The van der Waals surface area contributed by atoms with Crippen molar-refractivity contribution in [1.29, 1.82) is 0 Å². The normalized spacial score (nSPS) is 14.4. The third-order valence-corrected chi connectivity index (χ3v) is 5.27. The van der Waals surface area contributed by atoms with Gasteiger partial charge in [-0.05, 0) is 18.2 Å². The number of hydrogen-bond acceptors (Lipinski definition) is 6. The highest BCUT2D eigenvalue weighted by Crippen LogP contribution is 2.20. The van der Waals surface area contributed by atoms with Gasteiger partial charge in [-0.3, -0.25) is 14.2 Å². The van der Waals surface area contributed by atoms with Crippen LogP contribution in [0.3, 0.4) is 0 Å². The molecule has 156 valence electrons. The smallest absolute Gasteiger partial charge is 0.274 e. The van der Waals surface area contributed by atoms with E-state index in [0.717, 1.165) is 18.8 Å². The van der Waals surface area contributed by atoms with Crippen LogP contribution in [0.1, 0.15) is 25.6 Å². The van der Waals surface area contributed by atoms with Gasteiger partial charge in [0, 0.05) is 43.9 Å². The summed E-state index contributed by atoms with van der Waals surface area (Å²) in [7, 11) is 0. The van der Waals surface area contributed by atoms with Crippen molar-refractivity contribution in [3.05, 3.63) is 64.7 Å². The maximum atomic E-state index is 12.9. The molecule has 3 aromatic rings. The third-order valence-electron chi connectivity index (χ3n) is 5.27. The van der Waals surface area contributed by atoms with Crippen molar-refractivity contribution >= 4 is 11.6 Å². The quantitative estimate of drug-likeness (QED) is 0.646. The molecule has 0 radical (unpaired) electrons. The summed E-state index contributed by atoms with van der Waals surface area (Å²) in [6.45, 7) is 6.61. The van der Waals surface area contributed by atoms with Crippen molar-refractivity contribution in [3.8, 4) is 11.6 Å². The molecular weight excluding hydrogens is 382 g/mol. The molecule has 0 N–H and O–H groups in total. The van der Waals surface area contributed by atoms with Gasteiger partial charge in [-0.2, -0.15) is 4.98 Å². The molecule has 8 heteroatoms. The lowest BCUT2D eigenvalue weighted by molar-refractivity contribution is -0.132. The van der Waals surface area contributed by atoms with Gasteiger partial charge in [0.25, 0.3) is 11.4 Å². The molecule has 1 saturated heterocycles. The van der Waals surface area contributed by atoms with Crippen molar-refractivity contribution in [2.45, 2.75) is 26.3 Å². The molecule has 1 aromatic carbocycles. The molecule has 0 atom stereocenters. The summed E-state index contributed by atoms with van der Waals surface area (Å²) < 4.78 is 6.75. The lowest BCUT2D eigenvalue weighted by atomic mass is 10.2. The van der Waals surface area contributed by atoms with Crippen LogP contribution in [-0.2, 0) is 11.3 Å². The van der Waals surface area contributed by atoms with Gasteiger partial charge in [-0.25, -0.2) is 0 Å². The molecule has 2 aromatic heterocycles. The van der Waals surface area contributed by atoms with Crippen LogP contribution >= 0.6 is 0 Å². The summed E-state index contributed by atoms with van der Waals surface area (Å²) in [6, 6.07) is 15.0. The number of hydrogen-bond donors (Lipinski definition) is 0. The molecule has 1 aliphatic heterocycles. The van der Waals surface area contributed by atoms with E-state index in [4.69, 9.17) is 4.52 Å². The molecule has 0 spiro atoms. The third kappa shape index (κ3) is 4.12. The number of carbonyl (C=O) groups excluding carboxylic acids is 1. The maximum Gasteiger partial charge on any atom is 0.274 e. The molecule has 0 saturated carbocycles. The van der Waals surface area contributed by atoms with Crippen molar-refractivity contribution in [2.75, 3.05) is 31.1 Å². The van der Waals surface area contributed by atoms with E-state index in [0.29, 0.717) is 24.6 Å². The van der Waals surface area contributed by atoms with E-state index in [-0.39, 0.29) is 29.8 Å². The molecule has 0 unspecified atom stereocenters. The van der Waals surface area contributed by atoms with Crippen molar-refractivity contribution in [2.24, 2.45) is 0 Å². The summed E-state index contributed by atoms with van der Waals surface area (Å²) >= 11 is 0. The Bertz CT molecular complexity index is 1070. The highest BCUT2D eigenvalue weighted by molar-refractivity contribution is 5.77. The lowest BCUT2D eigenvalue weighted by Gasteiger charge is -2.36. The molecule has 1 fully saturated rings. The Balaban J connectivity index is 1.48. The summed E-state index contributed by atoms with van der Waals surface area (Å²) in [5.74, 6) is 0.823. The van der Waals surface area contributed by atoms with Crippen LogP contribution in [0, 0.1) is 0 Å². The molecule has 3 heterocycles. The topological polar surface area (TPSA) is 84.5 Å². The van der Waals surface area contributed by atoms with Crippen LogP contribution in [0.4, 0.5) is 5.69 Å². The summed E-state index contributed by atoms with van der Waals surface area (Å²) in [5, 5.41) is 3.97. The molecule has 1 amide bonds. The summed E-state index contributed by atoms with van der Waals surface area (Å²) in [5.41, 5.74) is 1.34. The number of amides is 1. The average Bonchev–Trinajstić information content (AvgIpc) is 3.26. The first-order chi connectivity index (χ1) is 14.5. The van der Waals surface area contributed by atoms with Crippen molar-refractivity contribution in [1.82, 2.24) is 19.6 Å². The zero-order chi connectivity index (χ0) is 21.1. The first-order valence-electron chi connectivity index (χ1n) is 10.1. The Labute approximate surface area is 174 Å². The van der Waals surface area contributed by atoms with E-state index < -0.39 is 0 Å². The Hall–Kier alpha value is -3.42. The number of carbonyl (C=O) groups is 1. The molecule has 30 heavy (non-hydrogen) atoms. The molecule has 0 aliphatic carbocycles. The molecule has 1 aliphatic rings. The maximum absolute atomic E-state index is 12.9. The van der Waals surface area contributed by atoms with Crippen LogP contribution in [0.5, 0.6) is 0 Å². The summed E-state index contributed by atoms with van der Waals surface area (Å²) in [4.78, 5) is 33.9. The molecule has 0 bridgehead atoms. The Morgan fingerprint density at radius 2 is 1.77 bits per heavy atom. The van der Waals surface area contributed by atoms with E-state index in [2.05, 4.69) is 27.2 Å². The largest absolute Gasteiger partial charge is 0.368 e. The minimum Gasteiger partial charge on any atom is -0.368 e. The van der Waals surface area contributed by atoms with E-state index in [1.165, 1.54) is 10.6 Å². The van der Waals surface area contributed by atoms with Gasteiger partial charge < -0.3 is 14.3 Å². The number of piperazine rings is 1. The summed E-state index contributed by atoms with van der Waals surface area (Å²) in [6.07, 6.45) is 0. The fourth-order valence-electron chi connectivity index (χ4n) is 3.53. The highest BCUT2D eigenvalue weighted by Gasteiger charge is 2.23. The fraction of sp³-hybridized carbons (Fsp3) is 0.364. The zero-order valence-corrected chi connectivity index (χ0v) is 17.2. The number of rotatable bonds is 5. The fourth-order valence-corrected chi connectivity index (χ4v) is 3.53. The van der Waals surface area contributed by atoms with Gasteiger partial charge in [0.1, 0.15) is 12.2 Å². The van der Waals surface area contributed by atoms with Crippen LogP contribution in [-0.4, -0.2) is 51.7 Å². The van der Waals surface area contributed by atoms with Gasteiger partial charge in [-0.15, -0.1) is 0 Å². The van der Waals surface area contributed by atoms with Crippen LogP contribution in [0.15, 0.2) is 57.8 Å². The molecule has 8 nitrogen and oxygen atoms in total. The minimum atomic E-state index is -0.270. The average molecular weight is 407 g/mol. The van der Waals surface area contributed by atoms with Crippen LogP contribution in [0.2, 0.25) is 0 Å². The molecular formula is C22H25N5O3. The Morgan fingerprint density at radius 1 is 1.03 bits per heavy atom. The second-order valence-corrected chi connectivity index (χ2v) is 7.65. The van der Waals surface area contributed by atoms with Gasteiger partial charge in [0.2, 0.25) is 5.91 Å². The van der Waals surface area contributed by atoms with Crippen molar-refractivity contribution < 1.29 is 9.32 Å². The number of nitrogens with zero attached hydrogens (tertiary/aromatic N) is 5. The number of aromatic nitrogens is 3.